The van der Waals surface area contributed by atoms with Crippen molar-refractivity contribution in [1.29, 1.82) is 0 Å². The standard InChI is InChI=1S/C23H30N4O2/c1-18-8-10-20(11-9-18)23(19-6-4-3-5-7-19)25-16-22(29)27-14-12-26(13-15-27)17-21(28)24-2/h3-11,23,25H,12-17H2,1-2H3,(H,24,28)/t23-/m1/s1. The summed E-state index contributed by atoms with van der Waals surface area (Å²) >= 11 is 0. The molecule has 0 unspecified atom stereocenters. The van der Waals surface area contributed by atoms with Gasteiger partial charge in [0, 0.05) is 33.2 Å². The lowest BCUT2D eigenvalue weighted by atomic mass is 9.98. The van der Waals surface area contributed by atoms with Gasteiger partial charge in [0.05, 0.1) is 19.1 Å². The van der Waals surface area contributed by atoms with Crippen molar-refractivity contribution in [3.63, 3.8) is 0 Å². The van der Waals surface area contributed by atoms with Crippen LogP contribution >= 0.6 is 0 Å². The molecule has 2 aromatic carbocycles. The maximum atomic E-state index is 12.8. The minimum atomic E-state index is -0.0321. The highest BCUT2D eigenvalue weighted by molar-refractivity contribution is 5.79. The highest BCUT2D eigenvalue weighted by Gasteiger charge is 2.23. The van der Waals surface area contributed by atoms with Crippen LogP contribution < -0.4 is 10.6 Å². The second-order valence-corrected chi connectivity index (χ2v) is 7.47. The van der Waals surface area contributed by atoms with Crippen molar-refractivity contribution in [3.05, 3.63) is 71.3 Å². The first-order valence-corrected chi connectivity index (χ1v) is 10.1. The zero-order valence-corrected chi connectivity index (χ0v) is 17.2. The number of likely N-dealkylation sites (N-methyl/N-ethyl adjacent to an activating group) is 1. The van der Waals surface area contributed by atoms with E-state index in [2.05, 4.69) is 58.9 Å². The fourth-order valence-electron chi connectivity index (χ4n) is 3.57. The highest BCUT2D eigenvalue weighted by atomic mass is 16.2. The predicted molar refractivity (Wildman–Crippen MR) is 115 cm³/mol. The molecule has 29 heavy (non-hydrogen) atoms. The summed E-state index contributed by atoms with van der Waals surface area (Å²) in [7, 11) is 1.64. The molecule has 0 saturated carbocycles. The summed E-state index contributed by atoms with van der Waals surface area (Å²) in [4.78, 5) is 28.2. The molecule has 3 rings (SSSR count). The molecule has 1 aliphatic rings. The number of nitrogens with one attached hydrogen (secondary N) is 2. The Labute approximate surface area is 172 Å². The largest absolute Gasteiger partial charge is 0.358 e. The molecule has 2 aromatic rings. The Morgan fingerprint density at radius 3 is 2.17 bits per heavy atom. The predicted octanol–water partition coefficient (Wildman–Crippen LogP) is 1.56. The molecule has 0 aliphatic carbocycles. The van der Waals surface area contributed by atoms with Gasteiger partial charge in [-0.05, 0) is 18.1 Å². The van der Waals surface area contributed by atoms with Gasteiger partial charge in [-0.2, -0.15) is 0 Å². The van der Waals surface area contributed by atoms with Gasteiger partial charge in [-0.15, -0.1) is 0 Å². The summed E-state index contributed by atoms with van der Waals surface area (Å²) < 4.78 is 0. The highest BCUT2D eigenvalue weighted by Crippen LogP contribution is 2.22. The van der Waals surface area contributed by atoms with E-state index in [1.165, 1.54) is 5.56 Å². The second kappa shape index (κ2) is 10.2. The molecule has 1 heterocycles. The topological polar surface area (TPSA) is 64.7 Å². The molecular formula is C23H30N4O2. The molecule has 2 amide bonds. The molecule has 0 radical (unpaired) electrons. The maximum Gasteiger partial charge on any atom is 0.236 e. The maximum absolute atomic E-state index is 12.8. The van der Waals surface area contributed by atoms with Crippen LogP contribution in [0, 0.1) is 6.92 Å². The van der Waals surface area contributed by atoms with E-state index >= 15 is 0 Å². The third kappa shape index (κ3) is 5.89. The first-order valence-electron chi connectivity index (χ1n) is 10.1. The number of piperazine rings is 1. The van der Waals surface area contributed by atoms with Gasteiger partial charge in [0.15, 0.2) is 0 Å². The molecule has 1 aliphatic heterocycles. The Balaban J connectivity index is 1.59. The SMILES string of the molecule is CNC(=O)CN1CCN(C(=O)CN[C@H](c2ccccc2)c2ccc(C)cc2)CC1. The van der Waals surface area contributed by atoms with E-state index in [9.17, 15) is 9.59 Å². The van der Waals surface area contributed by atoms with Crippen LogP contribution in [0.2, 0.25) is 0 Å². The number of carbonyl (C=O) groups is 2. The van der Waals surface area contributed by atoms with Crippen molar-refractivity contribution < 1.29 is 9.59 Å². The van der Waals surface area contributed by atoms with E-state index in [-0.39, 0.29) is 24.4 Å². The zero-order valence-electron chi connectivity index (χ0n) is 17.2. The van der Waals surface area contributed by atoms with Crippen molar-refractivity contribution in [2.45, 2.75) is 13.0 Å². The monoisotopic (exact) mass is 394 g/mol. The van der Waals surface area contributed by atoms with Crippen LogP contribution in [-0.4, -0.2) is 67.9 Å². The molecule has 1 fully saturated rings. The summed E-state index contributed by atoms with van der Waals surface area (Å²) in [6.07, 6.45) is 0. The average Bonchev–Trinajstić information content (AvgIpc) is 2.76. The third-order valence-corrected chi connectivity index (χ3v) is 5.37. The van der Waals surface area contributed by atoms with Gasteiger partial charge >= 0.3 is 0 Å². The van der Waals surface area contributed by atoms with E-state index in [4.69, 9.17) is 0 Å². The van der Waals surface area contributed by atoms with Crippen LogP contribution in [0.15, 0.2) is 54.6 Å². The van der Waals surface area contributed by atoms with Crippen molar-refractivity contribution in [2.24, 2.45) is 0 Å². The Bertz CT molecular complexity index is 799. The average molecular weight is 395 g/mol. The lowest BCUT2D eigenvalue weighted by Gasteiger charge is -2.34. The first kappa shape index (κ1) is 21.0. The summed E-state index contributed by atoms with van der Waals surface area (Å²) in [6.45, 7) is 5.49. The van der Waals surface area contributed by atoms with Gasteiger partial charge in [0.2, 0.25) is 11.8 Å². The summed E-state index contributed by atoms with van der Waals surface area (Å²) in [5.74, 6) is 0.105. The van der Waals surface area contributed by atoms with Crippen molar-refractivity contribution >= 4 is 11.8 Å². The zero-order chi connectivity index (χ0) is 20.6. The Morgan fingerprint density at radius 1 is 0.931 bits per heavy atom. The molecule has 1 atom stereocenters. The van der Waals surface area contributed by atoms with Crippen LogP contribution in [0.3, 0.4) is 0 Å². The van der Waals surface area contributed by atoms with Gasteiger partial charge in [0.1, 0.15) is 0 Å². The number of rotatable bonds is 7. The summed E-state index contributed by atoms with van der Waals surface area (Å²) in [5, 5.41) is 6.09. The number of nitrogens with zero attached hydrogens (tertiary/aromatic N) is 2. The number of carbonyl (C=O) groups excluding carboxylic acids is 2. The smallest absolute Gasteiger partial charge is 0.236 e. The fourth-order valence-corrected chi connectivity index (χ4v) is 3.57. The van der Waals surface area contributed by atoms with Gasteiger partial charge in [-0.3, -0.25) is 19.8 Å². The molecule has 0 aromatic heterocycles. The molecule has 0 bridgehead atoms. The van der Waals surface area contributed by atoms with E-state index in [1.807, 2.05) is 23.1 Å². The van der Waals surface area contributed by atoms with Crippen LogP contribution in [0.5, 0.6) is 0 Å². The molecule has 6 nitrogen and oxygen atoms in total. The Morgan fingerprint density at radius 2 is 1.55 bits per heavy atom. The molecule has 154 valence electrons. The second-order valence-electron chi connectivity index (χ2n) is 7.47. The fraction of sp³-hybridized carbons (Fsp3) is 0.391. The number of hydrogen-bond acceptors (Lipinski definition) is 4. The summed E-state index contributed by atoms with van der Waals surface area (Å²) in [6, 6.07) is 18.6. The molecular weight excluding hydrogens is 364 g/mol. The van der Waals surface area contributed by atoms with Crippen LogP contribution in [0.25, 0.3) is 0 Å². The van der Waals surface area contributed by atoms with Gasteiger partial charge in [-0.1, -0.05) is 60.2 Å². The number of benzene rings is 2. The van der Waals surface area contributed by atoms with Crippen LogP contribution in [0.4, 0.5) is 0 Å². The van der Waals surface area contributed by atoms with Crippen molar-refractivity contribution in [1.82, 2.24) is 20.4 Å². The Kier molecular flexibility index (Phi) is 7.38. The van der Waals surface area contributed by atoms with Crippen molar-refractivity contribution in [2.75, 3.05) is 46.3 Å². The molecule has 0 spiro atoms. The lowest BCUT2D eigenvalue weighted by molar-refractivity contribution is -0.132. The van der Waals surface area contributed by atoms with Crippen molar-refractivity contribution in [3.8, 4) is 0 Å². The van der Waals surface area contributed by atoms with E-state index in [0.29, 0.717) is 19.6 Å². The molecule has 2 N–H and O–H groups in total. The van der Waals surface area contributed by atoms with Crippen LogP contribution in [0.1, 0.15) is 22.7 Å². The lowest BCUT2D eigenvalue weighted by Crippen LogP contribution is -2.52. The number of hydrogen-bond donors (Lipinski definition) is 2. The van der Waals surface area contributed by atoms with E-state index in [0.717, 1.165) is 24.2 Å². The minimum absolute atomic E-state index is 0.00949. The van der Waals surface area contributed by atoms with E-state index < -0.39 is 0 Å². The van der Waals surface area contributed by atoms with Gasteiger partial charge in [0.25, 0.3) is 0 Å². The van der Waals surface area contributed by atoms with E-state index in [1.54, 1.807) is 7.05 Å². The normalized spacial score (nSPS) is 15.7. The van der Waals surface area contributed by atoms with Gasteiger partial charge in [-0.25, -0.2) is 0 Å². The van der Waals surface area contributed by atoms with Crippen LogP contribution in [-0.2, 0) is 9.59 Å². The summed E-state index contributed by atoms with van der Waals surface area (Å²) in [5.41, 5.74) is 3.50. The molecule has 6 heteroatoms. The Hall–Kier alpha value is -2.70. The number of aryl methyl sites for hydroxylation is 1. The molecule has 1 saturated heterocycles. The first-order chi connectivity index (χ1) is 14.1. The van der Waals surface area contributed by atoms with Gasteiger partial charge < -0.3 is 10.2 Å². The quantitative estimate of drug-likeness (QED) is 0.748. The third-order valence-electron chi connectivity index (χ3n) is 5.37. The number of amides is 2. The minimum Gasteiger partial charge on any atom is -0.358 e.